The monoisotopic (exact) mass is 400 g/mol. The molecule has 0 unspecified atom stereocenters. The number of hydrogen-bond donors (Lipinski definition) is 2. The number of hydrogen-bond acceptors (Lipinski definition) is 4. The number of rotatable bonds is 6. The molecule has 144 valence electrons. The quantitative estimate of drug-likeness (QED) is 0.274. The van der Waals surface area contributed by atoms with E-state index in [1.54, 1.807) is 18.0 Å². The van der Waals surface area contributed by atoms with Gasteiger partial charge in [0.2, 0.25) is 0 Å². The Morgan fingerprint density at radius 2 is 1.93 bits per heavy atom. The molecule has 0 atom stereocenters. The van der Waals surface area contributed by atoms with Crippen molar-refractivity contribution in [3.63, 3.8) is 0 Å². The van der Waals surface area contributed by atoms with E-state index < -0.39 is 0 Å². The summed E-state index contributed by atoms with van der Waals surface area (Å²) in [7, 11) is 0. The summed E-state index contributed by atoms with van der Waals surface area (Å²) in [6.45, 7) is 2.02. The topological polar surface area (TPSA) is 70.1 Å². The van der Waals surface area contributed by atoms with E-state index in [-0.39, 0.29) is 5.91 Å². The van der Waals surface area contributed by atoms with Crippen LogP contribution in [0.15, 0.2) is 83.1 Å². The number of aromatic nitrogens is 2. The lowest BCUT2D eigenvalue weighted by atomic mass is 10.1. The second-order valence-electron chi connectivity index (χ2n) is 6.66. The molecule has 5 nitrogen and oxygen atoms in total. The van der Waals surface area contributed by atoms with E-state index in [2.05, 4.69) is 20.5 Å². The van der Waals surface area contributed by atoms with Crippen molar-refractivity contribution in [1.82, 2.24) is 15.4 Å². The summed E-state index contributed by atoms with van der Waals surface area (Å²) < 4.78 is 0. The number of fused-ring (bicyclic) bond motifs is 1. The maximum absolute atomic E-state index is 12.2. The molecule has 0 aliphatic heterocycles. The zero-order chi connectivity index (χ0) is 20.1. The second kappa shape index (κ2) is 8.75. The smallest absolute Gasteiger partial charge is 0.271 e. The van der Waals surface area contributed by atoms with Gasteiger partial charge in [-0.2, -0.15) is 5.10 Å². The molecule has 0 aliphatic carbocycles. The fourth-order valence-electron chi connectivity index (χ4n) is 2.88. The normalized spacial score (nSPS) is 11.2. The Bertz CT molecular complexity index is 1130. The average molecular weight is 401 g/mol. The van der Waals surface area contributed by atoms with Crippen molar-refractivity contribution < 1.29 is 4.79 Å². The standard InChI is InChI=1S/C23H20N4OS/c1-16-5-4-6-18(13-16)14-24-27-22(28)19-11-9-17(10-12-19)15-29-23-25-20-7-2-3-8-21(20)26-23/h2-14H,15H2,1H3,(H,25,26)(H,27,28). The van der Waals surface area contributed by atoms with E-state index in [1.807, 2.05) is 79.7 Å². The lowest BCUT2D eigenvalue weighted by Crippen LogP contribution is -2.17. The van der Waals surface area contributed by atoms with Crippen LogP contribution in [0.1, 0.15) is 27.0 Å². The van der Waals surface area contributed by atoms with Crippen LogP contribution in [0.3, 0.4) is 0 Å². The number of thioether (sulfide) groups is 1. The van der Waals surface area contributed by atoms with E-state index >= 15 is 0 Å². The lowest BCUT2D eigenvalue weighted by molar-refractivity contribution is 0.0955. The van der Waals surface area contributed by atoms with Crippen LogP contribution in [0.25, 0.3) is 11.0 Å². The first-order chi connectivity index (χ1) is 14.2. The fraction of sp³-hybridized carbons (Fsp3) is 0.0870. The van der Waals surface area contributed by atoms with E-state index in [0.717, 1.165) is 38.6 Å². The molecular weight excluding hydrogens is 380 g/mol. The molecule has 0 radical (unpaired) electrons. The molecule has 2 N–H and O–H groups in total. The Morgan fingerprint density at radius 1 is 1.10 bits per heavy atom. The number of amides is 1. The van der Waals surface area contributed by atoms with Gasteiger partial charge >= 0.3 is 0 Å². The van der Waals surface area contributed by atoms with Crippen LogP contribution in [-0.2, 0) is 5.75 Å². The van der Waals surface area contributed by atoms with Gasteiger partial charge in [0.15, 0.2) is 5.16 Å². The Hall–Kier alpha value is -3.38. The van der Waals surface area contributed by atoms with Crippen LogP contribution < -0.4 is 5.43 Å². The third-order valence-corrected chi connectivity index (χ3v) is 5.33. The maximum Gasteiger partial charge on any atom is 0.271 e. The Labute approximate surface area is 173 Å². The van der Waals surface area contributed by atoms with E-state index in [9.17, 15) is 4.79 Å². The molecule has 3 aromatic carbocycles. The molecule has 4 aromatic rings. The van der Waals surface area contributed by atoms with Crippen LogP contribution in [0.5, 0.6) is 0 Å². The molecule has 0 fully saturated rings. The van der Waals surface area contributed by atoms with Crippen LogP contribution in [0.4, 0.5) is 0 Å². The van der Waals surface area contributed by atoms with Gasteiger partial charge in [0.25, 0.3) is 5.91 Å². The molecule has 0 saturated carbocycles. The van der Waals surface area contributed by atoms with E-state index in [0.29, 0.717) is 5.56 Å². The number of para-hydroxylation sites is 2. The molecule has 1 amide bonds. The zero-order valence-corrected chi connectivity index (χ0v) is 16.7. The van der Waals surface area contributed by atoms with Gasteiger partial charge in [0.1, 0.15) is 0 Å². The number of aryl methyl sites for hydroxylation is 1. The van der Waals surface area contributed by atoms with Gasteiger partial charge in [-0.3, -0.25) is 4.79 Å². The van der Waals surface area contributed by atoms with Crippen molar-refractivity contribution >= 4 is 34.9 Å². The summed E-state index contributed by atoms with van der Waals surface area (Å²) in [5.41, 5.74) is 8.36. The highest BCUT2D eigenvalue weighted by atomic mass is 32.2. The van der Waals surface area contributed by atoms with Crippen molar-refractivity contribution in [2.45, 2.75) is 17.8 Å². The molecule has 29 heavy (non-hydrogen) atoms. The minimum Gasteiger partial charge on any atom is -0.333 e. The zero-order valence-electron chi connectivity index (χ0n) is 15.9. The number of carbonyl (C=O) groups excluding carboxylic acids is 1. The molecule has 6 heteroatoms. The number of imidazole rings is 1. The number of nitrogens with zero attached hydrogens (tertiary/aromatic N) is 2. The Morgan fingerprint density at radius 3 is 2.72 bits per heavy atom. The molecule has 1 heterocycles. The van der Waals surface area contributed by atoms with Crippen molar-refractivity contribution in [1.29, 1.82) is 0 Å². The van der Waals surface area contributed by atoms with Crippen LogP contribution in [0, 0.1) is 6.92 Å². The number of benzene rings is 3. The summed E-state index contributed by atoms with van der Waals surface area (Å²) in [6.07, 6.45) is 1.64. The third-order valence-electron chi connectivity index (χ3n) is 4.38. The first kappa shape index (κ1) is 19.0. The summed E-state index contributed by atoms with van der Waals surface area (Å²) in [6, 6.07) is 23.4. The minimum atomic E-state index is -0.231. The van der Waals surface area contributed by atoms with Gasteiger partial charge in [0, 0.05) is 11.3 Å². The van der Waals surface area contributed by atoms with Crippen LogP contribution in [-0.4, -0.2) is 22.1 Å². The number of carbonyl (C=O) groups is 1. The molecule has 0 spiro atoms. The molecule has 0 aliphatic rings. The minimum absolute atomic E-state index is 0.231. The second-order valence-corrected chi connectivity index (χ2v) is 7.62. The van der Waals surface area contributed by atoms with Gasteiger partial charge in [-0.15, -0.1) is 0 Å². The summed E-state index contributed by atoms with van der Waals surface area (Å²) in [5.74, 6) is 0.540. The highest BCUT2D eigenvalue weighted by Crippen LogP contribution is 2.23. The highest BCUT2D eigenvalue weighted by molar-refractivity contribution is 7.98. The van der Waals surface area contributed by atoms with Crippen LogP contribution >= 0.6 is 11.8 Å². The molecule has 0 bridgehead atoms. The molecular formula is C23H20N4OS. The third kappa shape index (κ3) is 4.92. The van der Waals surface area contributed by atoms with Crippen molar-refractivity contribution in [2.24, 2.45) is 5.10 Å². The van der Waals surface area contributed by atoms with E-state index in [4.69, 9.17) is 0 Å². The van der Waals surface area contributed by atoms with Gasteiger partial charge in [-0.1, -0.05) is 65.9 Å². The maximum atomic E-state index is 12.2. The van der Waals surface area contributed by atoms with Crippen molar-refractivity contribution in [3.05, 3.63) is 95.1 Å². The average Bonchev–Trinajstić information content (AvgIpc) is 3.16. The van der Waals surface area contributed by atoms with Gasteiger partial charge in [0.05, 0.1) is 17.2 Å². The largest absolute Gasteiger partial charge is 0.333 e. The van der Waals surface area contributed by atoms with Crippen molar-refractivity contribution in [3.8, 4) is 0 Å². The van der Waals surface area contributed by atoms with Gasteiger partial charge in [-0.05, 0) is 42.3 Å². The molecule has 4 rings (SSSR count). The van der Waals surface area contributed by atoms with Gasteiger partial charge < -0.3 is 4.98 Å². The predicted molar refractivity (Wildman–Crippen MR) is 118 cm³/mol. The lowest BCUT2D eigenvalue weighted by Gasteiger charge is -2.03. The highest BCUT2D eigenvalue weighted by Gasteiger charge is 2.06. The first-order valence-corrected chi connectivity index (χ1v) is 10.2. The van der Waals surface area contributed by atoms with Crippen LogP contribution in [0.2, 0.25) is 0 Å². The number of aromatic amines is 1. The van der Waals surface area contributed by atoms with E-state index in [1.165, 1.54) is 0 Å². The summed E-state index contributed by atoms with van der Waals surface area (Å²) in [5, 5.41) is 4.92. The Kier molecular flexibility index (Phi) is 5.72. The first-order valence-electron chi connectivity index (χ1n) is 9.24. The fourth-order valence-corrected chi connectivity index (χ4v) is 3.72. The number of nitrogens with one attached hydrogen (secondary N) is 2. The molecule has 0 saturated heterocycles. The summed E-state index contributed by atoms with van der Waals surface area (Å²) >= 11 is 1.64. The summed E-state index contributed by atoms with van der Waals surface area (Å²) in [4.78, 5) is 20.1. The SMILES string of the molecule is Cc1cccc(C=NNC(=O)c2ccc(CSc3nc4ccccc4[nH]3)cc2)c1. The Balaban J connectivity index is 1.32. The van der Waals surface area contributed by atoms with Gasteiger partial charge in [-0.25, -0.2) is 10.4 Å². The number of H-pyrrole nitrogens is 1. The molecule has 1 aromatic heterocycles. The number of hydrazone groups is 1. The predicted octanol–water partition coefficient (Wildman–Crippen LogP) is 4.93. The van der Waals surface area contributed by atoms with Crippen molar-refractivity contribution in [2.75, 3.05) is 0 Å².